The van der Waals surface area contributed by atoms with Crippen LogP contribution in [0.3, 0.4) is 0 Å². The molecule has 5 heteroatoms. The first-order chi connectivity index (χ1) is 12.5. The fourth-order valence-electron chi connectivity index (χ4n) is 3.52. The highest BCUT2D eigenvalue weighted by atomic mass is 32.1. The van der Waals surface area contributed by atoms with Crippen LogP contribution < -0.4 is 4.74 Å². The first-order valence-electron chi connectivity index (χ1n) is 9.26. The molecule has 0 spiro atoms. The van der Waals surface area contributed by atoms with Gasteiger partial charge in [0.15, 0.2) is 0 Å². The molecule has 1 aromatic carbocycles. The monoisotopic (exact) mass is 372 g/mol. The van der Waals surface area contributed by atoms with E-state index in [2.05, 4.69) is 43.9 Å². The predicted molar refractivity (Wildman–Crippen MR) is 107 cm³/mol. The van der Waals surface area contributed by atoms with Crippen LogP contribution in [0.4, 0.5) is 0 Å². The molecule has 1 aromatic heterocycles. The molecule has 4 nitrogen and oxygen atoms in total. The van der Waals surface area contributed by atoms with Crippen molar-refractivity contribution in [3.8, 4) is 5.75 Å². The van der Waals surface area contributed by atoms with Crippen molar-refractivity contribution in [3.63, 3.8) is 0 Å². The molecule has 0 saturated carbocycles. The molecule has 2 heterocycles. The lowest BCUT2D eigenvalue weighted by Gasteiger charge is -2.38. The SMILES string of the molecule is COc1cccc(C(C)N2CCN(C(=O)c3sccc3C(C)C)CC2)c1. The van der Waals surface area contributed by atoms with Crippen LogP contribution in [0.25, 0.3) is 0 Å². The minimum atomic E-state index is 0.192. The third-order valence-electron chi connectivity index (χ3n) is 5.24. The number of rotatable bonds is 5. The average molecular weight is 373 g/mol. The number of piperazine rings is 1. The Morgan fingerprint density at radius 2 is 1.85 bits per heavy atom. The van der Waals surface area contributed by atoms with Crippen LogP contribution >= 0.6 is 11.3 Å². The summed E-state index contributed by atoms with van der Waals surface area (Å²) in [6, 6.07) is 10.7. The van der Waals surface area contributed by atoms with Crippen molar-refractivity contribution in [2.24, 2.45) is 0 Å². The lowest BCUT2D eigenvalue weighted by molar-refractivity contribution is 0.0585. The van der Waals surface area contributed by atoms with Gasteiger partial charge >= 0.3 is 0 Å². The Hall–Kier alpha value is -1.85. The molecule has 3 rings (SSSR count). The van der Waals surface area contributed by atoms with E-state index in [1.807, 2.05) is 22.4 Å². The molecular formula is C21H28N2O2S. The number of methoxy groups -OCH3 is 1. The summed E-state index contributed by atoms with van der Waals surface area (Å²) >= 11 is 1.57. The Labute approximate surface area is 160 Å². The van der Waals surface area contributed by atoms with Crippen molar-refractivity contribution in [1.82, 2.24) is 9.80 Å². The second-order valence-electron chi connectivity index (χ2n) is 7.14. The Kier molecular flexibility index (Phi) is 5.99. The summed E-state index contributed by atoms with van der Waals surface area (Å²) in [5.74, 6) is 1.47. The second-order valence-corrected chi connectivity index (χ2v) is 8.06. The van der Waals surface area contributed by atoms with Gasteiger partial charge in [-0.15, -0.1) is 11.3 Å². The van der Waals surface area contributed by atoms with Gasteiger partial charge in [0, 0.05) is 32.2 Å². The molecule has 1 amide bonds. The van der Waals surface area contributed by atoms with Crippen LogP contribution in [0.15, 0.2) is 35.7 Å². The molecule has 2 aromatic rings. The van der Waals surface area contributed by atoms with E-state index < -0.39 is 0 Å². The highest BCUT2D eigenvalue weighted by Gasteiger charge is 2.27. The van der Waals surface area contributed by atoms with E-state index in [0.717, 1.165) is 36.8 Å². The molecular weight excluding hydrogens is 344 g/mol. The van der Waals surface area contributed by atoms with E-state index in [-0.39, 0.29) is 5.91 Å². The summed E-state index contributed by atoms with van der Waals surface area (Å²) in [6.45, 7) is 9.87. The number of hydrogen-bond donors (Lipinski definition) is 0. The Morgan fingerprint density at radius 1 is 1.12 bits per heavy atom. The number of amides is 1. The van der Waals surface area contributed by atoms with Gasteiger partial charge in [-0.2, -0.15) is 0 Å². The number of ether oxygens (including phenoxy) is 1. The molecule has 140 valence electrons. The number of nitrogens with zero attached hydrogens (tertiary/aromatic N) is 2. The first kappa shape index (κ1) is 18.9. The van der Waals surface area contributed by atoms with Crippen molar-refractivity contribution in [3.05, 3.63) is 51.7 Å². The van der Waals surface area contributed by atoms with Crippen LogP contribution in [0.2, 0.25) is 0 Å². The molecule has 26 heavy (non-hydrogen) atoms. The topological polar surface area (TPSA) is 32.8 Å². The lowest BCUT2D eigenvalue weighted by atomic mass is 10.0. The van der Waals surface area contributed by atoms with Gasteiger partial charge in [-0.05, 0) is 47.5 Å². The third-order valence-corrected chi connectivity index (χ3v) is 6.16. The Morgan fingerprint density at radius 3 is 2.50 bits per heavy atom. The fourth-order valence-corrected chi connectivity index (χ4v) is 4.54. The van der Waals surface area contributed by atoms with Gasteiger partial charge in [-0.25, -0.2) is 0 Å². The van der Waals surface area contributed by atoms with Crippen molar-refractivity contribution in [2.45, 2.75) is 32.7 Å². The minimum absolute atomic E-state index is 0.192. The molecule has 0 aliphatic carbocycles. The van der Waals surface area contributed by atoms with Gasteiger partial charge in [-0.3, -0.25) is 9.69 Å². The minimum Gasteiger partial charge on any atom is -0.497 e. The van der Waals surface area contributed by atoms with E-state index in [4.69, 9.17) is 4.74 Å². The fraction of sp³-hybridized carbons (Fsp3) is 0.476. The number of thiophene rings is 1. The van der Waals surface area contributed by atoms with Gasteiger partial charge in [0.1, 0.15) is 5.75 Å². The molecule has 0 radical (unpaired) electrons. The Balaban J connectivity index is 1.63. The average Bonchev–Trinajstić information content (AvgIpc) is 3.17. The summed E-state index contributed by atoms with van der Waals surface area (Å²) in [6.07, 6.45) is 0. The molecule has 1 atom stereocenters. The van der Waals surface area contributed by atoms with Crippen LogP contribution in [-0.4, -0.2) is 49.0 Å². The first-order valence-corrected chi connectivity index (χ1v) is 10.1. The zero-order valence-electron chi connectivity index (χ0n) is 16.1. The summed E-state index contributed by atoms with van der Waals surface area (Å²) in [5.41, 5.74) is 2.43. The molecule has 1 aliphatic heterocycles. The standard InChI is InChI=1S/C21H28N2O2S/c1-15(2)19-8-13-26-20(19)21(24)23-11-9-22(10-12-23)16(3)17-6-5-7-18(14-17)25-4/h5-8,13-16H,9-12H2,1-4H3. The maximum absolute atomic E-state index is 12.9. The maximum atomic E-state index is 12.9. The molecule has 1 fully saturated rings. The van der Waals surface area contributed by atoms with Gasteiger partial charge in [0.05, 0.1) is 12.0 Å². The normalized spacial score (nSPS) is 16.7. The summed E-state index contributed by atoms with van der Waals surface area (Å²) < 4.78 is 5.34. The molecule has 1 unspecified atom stereocenters. The molecule has 0 N–H and O–H groups in total. The number of hydrogen-bond acceptors (Lipinski definition) is 4. The van der Waals surface area contributed by atoms with Crippen LogP contribution in [0, 0.1) is 0 Å². The highest BCUT2D eigenvalue weighted by Crippen LogP contribution is 2.28. The second kappa shape index (κ2) is 8.23. The smallest absolute Gasteiger partial charge is 0.264 e. The summed E-state index contributed by atoms with van der Waals surface area (Å²) in [5, 5.41) is 2.03. The maximum Gasteiger partial charge on any atom is 0.264 e. The van der Waals surface area contributed by atoms with E-state index >= 15 is 0 Å². The van der Waals surface area contributed by atoms with Crippen molar-refractivity contribution >= 4 is 17.2 Å². The van der Waals surface area contributed by atoms with Crippen LogP contribution in [0.1, 0.15) is 53.5 Å². The van der Waals surface area contributed by atoms with E-state index in [0.29, 0.717) is 12.0 Å². The molecule has 1 saturated heterocycles. The lowest BCUT2D eigenvalue weighted by Crippen LogP contribution is -2.49. The quantitative estimate of drug-likeness (QED) is 0.780. The van der Waals surface area contributed by atoms with Crippen LogP contribution in [0.5, 0.6) is 5.75 Å². The predicted octanol–water partition coefficient (Wildman–Crippen LogP) is 4.40. The highest BCUT2D eigenvalue weighted by molar-refractivity contribution is 7.12. The van der Waals surface area contributed by atoms with Crippen molar-refractivity contribution in [1.29, 1.82) is 0 Å². The van der Waals surface area contributed by atoms with Crippen LogP contribution in [-0.2, 0) is 0 Å². The zero-order chi connectivity index (χ0) is 18.7. The van der Waals surface area contributed by atoms with Crippen molar-refractivity contribution in [2.75, 3.05) is 33.3 Å². The van der Waals surface area contributed by atoms with Gasteiger partial charge < -0.3 is 9.64 Å². The van der Waals surface area contributed by atoms with Gasteiger partial charge in [0.2, 0.25) is 0 Å². The summed E-state index contributed by atoms with van der Waals surface area (Å²) in [7, 11) is 1.70. The Bertz CT molecular complexity index is 748. The molecule has 1 aliphatic rings. The van der Waals surface area contributed by atoms with Gasteiger partial charge in [-0.1, -0.05) is 26.0 Å². The number of carbonyl (C=O) groups is 1. The van der Waals surface area contributed by atoms with Crippen molar-refractivity contribution < 1.29 is 9.53 Å². The number of benzene rings is 1. The van der Waals surface area contributed by atoms with E-state index in [9.17, 15) is 4.79 Å². The molecule has 0 bridgehead atoms. The van der Waals surface area contributed by atoms with Gasteiger partial charge in [0.25, 0.3) is 5.91 Å². The number of carbonyl (C=O) groups excluding carboxylic acids is 1. The van der Waals surface area contributed by atoms with E-state index in [1.54, 1.807) is 18.4 Å². The largest absolute Gasteiger partial charge is 0.497 e. The van der Waals surface area contributed by atoms with E-state index in [1.165, 1.54) is 11.1 Å². The summed E-state index contributed by atoms with van der Waals surface area (Å²) in [4.78, 5) is 18.3. The zero-order valence-corrected chi connectivity index (χ0v) is 16.9. The third kappa shape index (κ3) is 3.94.